The van der Waals surface area contributed by atoms with E-state index in [9.17, 15) is 0 Å². The van der Waals surface area contributed by atoms with Crippen LogP contribution in [0.3, 0.4) is 0 Å². The lowest BCUT2D eigenvalue weighted by Crippen LogP contribution is -2.37. The number of halogens is 1. The molecule has 0 amide bonds. The topological polar surface area (TPSA) is 64.1 Å². The molecule has 150 valence electrons. The van der Waals surface area contributed by atoms with Gasteiger partial charge in [-0.25, -0.2) is 0 Å². The van der Waals surface area contributed by atoms with Crippen LogP contribution in [0, 0.1) is 5.92 Å². The van der Waals surface area contributed by atoms with Crippen molar-refractivity contribution in [2.75, 3.05) is 47.1 Å². The molecule has 26 heavy (non-hydrogen) atoms. The van der Waals surface area contributed by atoms with Gasteiger partial charge < -0.3 is 24.8 Å². The first kappa shape index (κ1) is 24.9. The maximum atomic E-state index is 5.76. The van der Waals surface area contributed by atoms with Crippen LogP contribution in [0.1, 0.15) is 25.8 Å². The molecule has 1 rings (SSSR count). The van der Waals surface area contributed by atoms with Gasteiger partial charge in [0.2, 0.25) is 0 Å². The molecule has 0 aromatic heterocycles. The van der Waals surface area contributed by atoms with Crippen LogP contribution in [0.15, 0.2) is 29.3 Å². The maximum absolute atomic E-state index is 5.76. The van der Waals surface area contributed by atoms with Crippen LogP contribution < -0.4 is 15.4 Å². The van der Waals surface area contributed by atoms with Gasteiger partial charge in [0.1, 0.15) is 5.75 Å². The van der Waals surface area contributed by atoms with Gasteiger partial charge in [-0.3, -0.25) is 4.99 Å². The number of benzene rings is 1. The van der Waals surface area contributed by atoms with Gasteiger partial charge in [0.25, 0.3) is 0 Å². The Bertz CT molecular complexity index is 499. The smallest absolute Gasteiger partial charge is 0.191 e. The number of hydrogen-bond acceptors (Lipinski definition) is 4. The molecule has 0 unspecified atom stereocenters. The Morgan fingerprint density at radius 1 is 1.15 bits per heavy atom. The summed E-state index contributed by atoms with van der Waals surface area (Å²) < 4.78 is 16.1. The molecular weight excluding hydrogens is 445 g/mol. The molecule has 0 heterocycles. The van der Waals surface area contributed by atoms with Crippen LogP contribution >= 0.6 is 24.0 Å². The van der Waals surface area contributed by atoms with Gasteiger partial charge >= 0.3 is 0 Å². The molecule has 7 heteroatoms. The SMILES string of the molecule is CN=C(NCCCOCCOC)NCc1cccc(OCC(C)C)c1.I. The summed E-state index contributed by atoms with van der Waals surface area (Å²) in [6, 6.07) is 8.14. The van der Waals surface area contributed by atoms with Crippen LogP contribution in [-0.4, -0.2) is 53.1 Å². The molecule has 0 atom stereocenters. The average Bonchev–Trinajstić information content (AvgIpc) is 2.62. The molecule has 0 aliphatic heterocycles. The normalized spacial score (nSPS) is 11.2. The van der Waals surface area contributed by atoms with E-state index in [0.29, 0.717) is 32.3 Å². The van der Waals surface area contributed by atoms with Crippen LogP contribution in [0.2, 0.25) is 0 Å². The van der Waals surface area contributed by atoms with E-state index in [1.54, 1.807) is 14.2 Å². The number of nitrogens with one attached hydrogen (secondary N) is 2. The maximum Gasteiger partial charge on any atom is 0.191 e. The molecule has 0 saturated heterocycles. The molecular formula is C19H34IN3O3. The van der Waals surface area contributed by atoms with E-state index in [2.05, 4.69) is 41.6 Å². The molecule has 0 fully saturated rings. The third-order valence-electron chi connectivity index (χ3n) is 3.36. The average molecular weight is 479 g/mol. The van der Waals surface area contributed by atoms with Crippen molar-refractivity contribution in [2.24, 2.45) is 10.9 Å². The summed E-state index contributed by atoms with van der Waals surface area (Å²) in [7, 11) is 3.44. The highest BCUT2D eigenvalue weighted by atomic mass is 127. The summed E-state index contributed by atoms with van der Waals surface area (Å²) in [5.41, 5.74) is 1.16. The highest BCUT2D eigenvalue weighted by Gasteiger charge is 2.01. The minimum Gasteiger partial charge on any atom is -0.493 e. The Morgan fingerprint density at radius 3 is 2.65 bits per heavy atom. The van der Waals surface area contributed by atoms with E-state index in [4.69, 9.17) is 14.2 Å². The fourth-order valence-electron chi connectivity index (χ4n) is 2.04. The summed E-state index contributed by atoms with van der Waals surface area (Å²) in [6.07, 6.45) is 0.920. The Labute approximate surface area is 175 Å². The molecule has 1 aromatic carbocycles. The van der Waals surface area contributed by atoms with E-state index < -0.39 is 0 Å². The third-order valence-corrected chi connectivity index (χ3v) is 3.36. The summed E-state index contributed by atoms with van der Waals surface area (Å²) in [5.74, 6) is 2.21. The Hall–Kier alpha value is -1.06. The zero-order valence-corrected chi connectivity index (χ0v) is 18.7. The molecule has 0 bridgehead atoms. The van der Waals surface area contributed by atoms with Gasteiger partial charge in [-0.05, 0) is 30.0 Å². The van der Waals surface area contributed by atoms with Crippen molar-refractivity contribution >= 4 is 29.9 Å². The molecule has 1 aromatic rings. The van der Waals surface area contributed by atoms with Crippen molar-refractivity contribution in [2.45, 2.75) is 26.8 Å². The molecule has 0 aliphatic carbocycles. The van der Waals surface area contributed by atoms with Crippen molar-refractivity contribution in [1.82, 2.24) is 10.6 Å². The fourth-order valence-corrected chi connectivity index (χ4v) is 2.04. The van der Waals surface area contributed by atoms with Gasteiger partial charge in [-0.1, -0.05) is 26.0 Å². The number of aliphatic imine (C=N–C) groups is 1. The van der Waals surface area contributed by atoms with Gasteiger partial charge in [0, 0.05) is 33.9 Å². The van der Waals surface area contributed by atoms with E-state index in [1.807, 2.05) is 12.1 Å². The molecule has 0 aliphatic rings. The minimum absolute atomic E-state index is 0. The summed E-state index contributed by atoms with van der Waals surface area (Å²) in [4.78, 5) is 4.23. The van der Waals surface area contributed by atoms with E-state index >= 15 is 0 Å². The van der Waals surface area contributed by atoms with E-state index in [-0.39, 0.29) is 24.0 Å². The van der Waals surface area contributed by atoms with Gasteiger partial charge in [0.05, 0.1) is 19.8 Å². The standard InChI is InChI=1S/C19H33N3O3.HI/c1-16(2)15-25-18-8-5-7-17(13-18)14-22-19(20-3)21-9-6-10-24-12-11-23-4;/h5,7-8,13,16H,6,9-12,14-15H2,1-4H3,(H2,20,21,22);1H. The van der Waals surface area contributed by atoms with Crippen molar-refractivity contribution < 1.29 is 14.2 Å². The first-order valence-electron chi connectivity index (χ1n) is 8.88. The van der Waals surface area contributed by atoms with Crippen molar-refractivity contribution in [1.29, 1.82) is 0 Å². The Morgan fingerprint density at radius 2 is 1.96 bits per heavy atom. The number of rotatable bonds is 12. The number of nitrogens with zero attached hydrogens (tertiary/aromatic N) is 1. The number of guanidine groups is 1. The lowest BCUT2D eigenvalue weighted by molar-refractivity contribution is 0.0698. The third kappa shape index (κ3) is 12.3. The van der Waals surface area contributed by atoms with E-state index in [1.165, 1.54) is 0 Å². The summed E-state index contributed by atoms with van der Waals surface area (Å²) >= 11 is 0. The second-order valence-electron chi connectivity index (χ2n) is 6.16. The second kappa shape index (κ2) is 16.1. The summed E-state index contributed by atoms with van der Waals surface area (Å²) in [6.45, 7) is 8.50. The minimum atomic E-state index is 0. The van der Waals surface area contributed by atoms with Gasteiger partial charge in [-0.15, -0.1) is 24.0 Å². The van der Waals surface area contributed by atoms with Crippen LogP contribution in [0.4, 0.5) is 0 Å². The lowest BCUT2D eigenvalue weighted by atomic mass is 10.2. The molecule has 0 radical (unpaired) electrons. The highest BCUT2D eigenvalue weighted by Crippen LogP contribution is 2.14. The van der Waals surface area contributed by atoms with Crippen LogP contribution in [0.5, 0.6) is 5.75 Å². The fraction of sp³-hybridized carbons (Fsp3) is 0.632. The van der Waals surface area contributed by atoms with Crippen molar-refractivity contribution in [3.8, 4) is 5.75 Å². The molecule has 2 N–H and O–H groups in total. The van der Waals surface area contributed by atoms with E-state index in [0.717, 1.165) is 36.8 Å². The monoisotopic (exact) mass is 479 g/mol. The van der Waals surface area contributed by atoms with Crippen molar-refractivity contribution in [3.05, 3.63) is 29.8 Å². The number of ether oxygens (including phenoxy) is 3. The summed E-state index contributed by atoms with van der Waals surface area (Å²) in [5, 5.41) is 6.59. The van der Waals surface area contributed by atoms with Crippen LogP contribution in [0.25, 0.3) is 0 Å². The zero-order chi connectivity index (χ0) is 18.3. The second-order valence-corrected chi connectivity index (χ2v) is 6.16. The predicted molar refractivity (Wildman–Crippen MR) is 118 cm³/mol. The largest absolute Gasteiger partial charge is 0.493 e. The Balaban J connectivity index is 0.00000625. The molecule has 6 nitrogen and oxygen atoms in total. The first-order valence-corrected chi connectivity index (χ1v) is 8.88. The lowest BCUT2D eigenvalue weighted by Gasteiger charge is -2.13. The highest BCUT2D eigenvalue weighted by molar-refractivity contribution is 14.0. The first-order chi connectivity index (χ1) is 12.2. The number of methoxy groups -OCH3 is 1. The van der Waals surface area contributed by atoms with Gasteiger partial charge in [-0.2, -0.15) is 0 Å². The molecule has 0 saturated carbocycles. The van der Waals surface area contributed by atoms with Gasteiger partial charge in [0.15, 0.2) is 5.96 Å². The zero-order valence-electron chi connectivity index (χ0n) is 16.4. The quantitative estimate of drug-likeness (QED) is 0.209. The Kier molecular flexibility index (Phi) is 15.5. The van der Waals surface area contributed by atoms with Crippen LogP contribution in [-0.2, 0) is 16.0 Å². The molecule has 0 spiro atoms. The predicted octanol–water partition coefficient (Wildman–Crippen LogP) is 3.06. The van der Waals surface area contributed by atoms with Crippen molar-refractivity contribution in [3.63, 3.8) is 0 Å². The number of hydrogen-bond donors (Lipinski definition) is 2.